The maximum absolute atomic E-state index is 12.5. The molecule has 0 unspecified atom stereocenters. The fourth-order valence-electron chi connectivity index (χ4n) is 2.63. The smallest absolute Gasteiger partial charge is 0.275 e. The van der Waals surface area contributed by atoms with Crippen LogP contribution in [0.15, 0.2) is 41.0 Å². The summed E-state index contributed by atoms with van der Waals surface area (Å²) in [4.78, 5) is 18.6. The Kier molecular flexibility index (Phi) is 4.01. The highest BCUT2D eigenvalue weighted by molar-refractivity contribution is 5.92. The van der Waals surface area contributed by atoms with Crippen LogP contribution in [0.4, 0.5) is 0 Å². The minimum absolute atomic E-state index is 0.0761. The van der Waals surface area contributed by atoms with Gasteiger partial charge in [0.2, 0.25) is 5.89 Å². The van der Waals surface area contributed by atoms with E-state index in [1.54, 1.807) is 4.90 Å². The van der Waals surface area contributed by atoms with Crippen molar-refractivity contribution in [2.45, 2.75) is 18.9 Å². The summed E-state index contributed by atoms with van der Waals surface area (Å²) in [5.41, 5.74) is 1.25. The Bertz CT molecular complexity index is 603. The lowest BCUT2D eigenvalue weighted by atomic mass is 10.1. The number of piperidine rings is 1. The SMILES string of the molecule is CN(C(=O)c1coc(-c2ccccc2)n1)C1CCNCC1. The monoisotopic (exact) mass is 285 g/mol. The minimum atomic E-state index is -0.0761. The molecule has 1 amide bonds. The van der Waals surface area contributed by atoms with Crippen molar-refractivity contribution in [3.63, 3.8) is 0 Å². The molecular formula is C16H19N3O2. The van der Waals surface area contributed by atoms with Gasteiger partial charge in [0.15, 0.2) is 5.69 Å². The van der Waals surface area contributed by atoms with Crippen LogP contribution in [0, 0.1) is 0 Å². The second-order valence-corrected chi connectivity index (χ2v) is 5.30. The molecule has 1 aliphatic heterocycles. The molecule has 0 aliphatic carbocycles. The Morgan fingerprint density at radius 1 is 1.29 bits per heavy atom. The predicted molar refractivity (Wildman–Crippen MR) is 79.9 cm³/mol. The molecule has 2 heterocycles. The summed E-state index contributed by atoms with van der Waals surface area (Å²) in [5.74, 6) is 0.408. The fourth-order valence-corrected chi connectivity index (χ4v) is 2.63. The quantitative estimate of drug-likeness (QED) is 0.939. The van der Waals surface area contributed by atoms with Crippen molar-refractivity contribution in [3.05, 3.63) is 42.3 Å². The van der Waals surface area contributed by atoms with Gasteiger partial charge >= 0.3 is 0 Å². The molecule has 0 radical (unpaired) electrons. The lowest BCUT2D eigenvalue weighted by Crippen LogP contribution is -2.44. The maximum Gasteiger partial charge on any atom is 0.275 e. The molecule has 1 saturated heterocycles. The van der Waals surface area contributed by atoms with Gasteiger partial charge in [0.25, 0.3) is 5.91 Å². The van der Waals surface area contributed by atoms with Gasteiger partial charge in [0, 0.05) is 18.7 Å². The van der Waals surface area contributed by atoms with Gasteiger partial charge in [-0.2, -0.15) is 0 Å². The van der Waals surface area contributed by atoms with Gasteiger partial charge in [-0.25, -0.2) is 4.98 Å². The molecule has 1 aromatic heterocycles. The molecule has 1 fully saturated rings. The van der Waals surface area contributed by atoms with E-state index >= 15 is 0 Å². The third-order valence-corrected chi connectivity index (χ3v) is 3.92. The van der Waals surface area contributed by atoms with E-state index in [9.17, 15) is 4.79 Å². The molecule has 0 bridgehead atoms. The van der Waals surface area contributed by atoms with Crippen molar-refractivity contribution in [2.75, 3.05) is 20.1 Å². The second-order valence-electron chi connectivity index (χ2n) is 5.30. The minimum Gasteiger partial charge on any atom is -0.444 e. The van der Waals surface area contributed by atoms with E-state index in [0.29, 0.717) is 11.6 Å². The van der Waals surface area contributed by atoms with E-state index in [-0.39, 0.29) is 11.9 Å². The highest BCUT2D eigenvalue weighted by atomic mass is 16.3. The Hall–Kier alpha value is -2.14. The van der Waals surface area contributed by atoms with Gasteiger partial charge in [-0.15, -0.1) is 0 Å². The van der Waals surface area contributed by atoms with Gasteiger partial charge in [-0.3, -0.25) is 4.79 Å². The summed E-state index contributed by atoms with van der Waals surface area (Å²) < 4.78 is 5.44. The number of amides is 1. The standard InChI is InChI=1S/C16H19N3O2/c1-19(13-7-9-17-10-8-13)16(20)14-11-21-15(18-14)12-5-3-2-4-6-12/h2-6,11,13,17H,7-10H2,1H3. The van der Waals surface area contributed by atoms with Crippen LogP contribution in [0.25, 0.3) is 11.5 Å². The van der Waals surface area contributed by atoms with Crippen LogP contribution in [0.3, 0.4) is 0 Å². The van der Waals surface area contributed by atoms with E-state index in [2.05, 4.69) is 10.3 Å². The zero-order valence-electron chi connectivity index (χ0n) is 12.1. The molecule has 3 rings (SSSR count). The Morgan fingerprint density at radius 3 is 2.71 bits per heavy atom. The summed E-state index contributed by atoms with van der Waals surface area (Å²) in [6.45, 7) is 1.91. The maximum atomic E-state index is 12.5. The third kappa shape index (κ3) is 2.97. The summed E-state index contributed by atoms with van der Waals surface area (Å²) in [6.07, 6.45) is 3.40. The third-order valence-electron chi connectivity index (χ3n) is 3.92. The van der Waals surface area contributed by atoms with Gasteiger partial charge < -0.3 is 14.6 Å². The predicted octanol–water partition coefficient (Wildman–Crippen LogP) is 2.17. The number of oxazole rings is 1. The largest absolute Gasteiger partial charge is 0.444 e. The number of benzene rings is 1. The molecule has 0 saturated carbocycles. The first kappa shape index (κ1) is 13.8. The Morgan fingerprint density at radius 2 is 2.00 bits per heavy atom. The number of carbonyl (C=O) groups is 1. The highest BCUT2D eigenvalue weighted by Gasteiger charge is 2.25. The highest BCUT2D eigenvalue weighted by Crippen LogP contribution is 2.20. The molecule has 1 aliphatic rings. The summed E-state index contributed by atoms with van der Waals surface area (Å²) in [7, 11) is 1.84. The molecule has 0 spiro atoms. The molecule has 1 aromatic carbocycles. The van der Waals surface area contributed by atoms with E-state index < -0.39 is 0 Å². The molecule has 21 heavy (non-hydrogen) atoms. The van der Waals surface area contributed by atoms with Crippen LogP contribution >= 0.6 is 0 Å². The number of hydrogen-bond acceptors (Lipinski definition) is 4. The molecule has 5 heteroatoms. The number of nitrogens with one attached hydrogen (secondary N) is 1. The number of hydrogen-bond donors (Lipinski definition) is 1. The molecule has 110 valence electrons. The zero-order chi connectivity index (χ0) is 14.7. The van der Waals surface area contributed by atoms with Gasteiger partial charge in [0.1, 0.15) is 6.26 Å². The molecule has 1 N–H and O–H groups in total. The van der Waals surface area contributed by atoms with Crippen LogP contribution in [0.2, 0.25) is 0 Å². The van der Waals surface area contributed by atoms with Crippen molar-refractivity contribution in [1.29, 1.82) is 0 Å². The Balaban J connectivity index is 1.74. The average Bonchev–Trinajstić information content (AvgIpc) is 3.05. The van der Waals surface area contributed by atoms with Crippen LogP contribution in [-0.2, 0) is 0 Å². The first-order valence-electron chi connectivity index (χ1n) is 7.24. The summed E-state index contributed by atoms with van der Waals surface area (Å²) in [5, 5.41) is 3.30. The molecule has 2 aromatic rings. The average molecular weight is 285 g/mol. The van der Waals surface area contributed by atoms with Gasteiger partial charge in [-0.05, 0) is 38.1 Å². The first-order valence-corrected chi connectivity index (χ1v) is 7.24. The van der Waals surface area contributed by atoms with E-state index in [1.165, 1.54) is 6.26 Å². The summed E-state index contributed by atoms with van der Waals surface area (Å²) >= 11 is 0. The molecular weight excluding hydrogens is 266 g/mol. The second kappa shape index (κ2) is 6.10. The van der Waals surface area contributed by atoms with Gasteiger partial charge in [0.05, 0.1) is 0 Å². The van der Waals surface area contributed by atoms with Crippen molar-refractivity contribution in [3.8, 4) is 11.5 Å². The zero-order valence-corrected chi connectivity index (χ0v) is 12.1. The lowest BCUT2D eigenvalue weighted by molar-refractivity contribution is 0.0697. The molecule has 5 nitrogen and oxygen atoms in total. The Labute approximate surface area is 124 Å². The topological polar surface area (TPSA) is 58.4 Å². The number of aromatic nitrogens is 1. The van der Waals surface area contributed by atoms with Crippen molar-refractivity contribution >= 4 is 5.91 Å². The van der Waals surface area contributed by atoms with E-state index in [0.717, 1.165) is 31.5 Å². The molecule has 0 atom stereocenters. The van der Waals surface area contributed by atoms with Gasteiger partial charge in [-0.1, -0.05) is 18.2 Å². The normalized spacial score (nSPS) is 15.9. The lowest BCUT2D eigenvalue weighted by Gasteiger charge is -2.31. The van der Waals surface area contributed by atoms with Crippen molar-refractivity contribution in [1.82, 2.24) is 15.2 Å². The van der Waals surface area contributed by atoms with Crippen molar-refractivity contribution < 1.29 is 9.21 Å². The number of nitrogens with zero attached hydrogens (tertiary/aromatic N) is 2. The van der Waals surface area contributed by atoms with Crippen LogP contribution < -0.4 is 5.32 Å². The van der Waals surface area contributed by atoms with E-state index in [1.807, 2.05) is 37.4 Å². The number of rotatable bonds is 3. The van der Waals surface area contributed by atoms with Crippen LogP contribution in [0.5, 0.6) is 0 Å². The first-order chi connectivity index (χ1) is 10.3. The van der Waals surface area contributed by atoms with Crippen LogP contribution in [0.1, 0.15) is 23.3 Å². The van der Waals surface area contributed by atoms with Crippen LogP contribution in [-0.4, -0.2) is 42.0 Å². The van der Waals surface area contributed by atoms with Crippen molar-refractivity contribution in [2.24, 2.45) is 0 Å². The summed E-state index contributed by atoms with van der Waals surface area (Å²) in [6, 6.07) is 9.87. The fraction of sp³-hybridized carbons (Fsp3) is 0.375. The number of carbonyl (C=O) groups excluding carboxylic acids is 1. The van der Waals surface area contributed by atoms with E-state index in [4.69, 9.17) is 4.42 Å².